The summed E-state index contributed by atoms with van der Waals surface area (Å²) < 4.78 is 0. The van der Waals surface area contributed by atoms with E-state index in [-0.39, 0.29) is 0 Å². The number of rotatable bonds is 2. The van der Waals surface area contributed by atoms with Gasteiger partial charge in [-0.3, -0.25) is 4.98 Å². The molecule has 0 aliphatic carbocycles. The van der Waals surface area contributed by atoms with Crippen LogP contribution in [0.3, 0.4) is 0 Å². The highest BCUT2D eigenvalue weighted by Crippen LogP contribution is 2.20. The standard InChI is InChI=1S/C11H12N4.C5H5N/c1-8-3-4-9(12)7-10(8)15-11-13-5-2-6-14-11;1-2-4-6-5-3-1/h2-7H,12H2,1H3,(H,13,14,15);1-5H. The lowest BCUT2D eigenvalue weighted by Gasteiger charge is -2.08. The number of nitrogen functional groups attached to an aromatic ring is 1. The van der Waals surface area contributed by atoms with Crippen molar-refractivity contribution in [1.29, 1.82) is 0 Å². The maximum absolute atomic E-state index is 5.70. The minimum Gasteiger partial charge on any atom is -0.399 e. The zero-order valence-corrected chi connectivity index (χ0v) is 11.8. The van der Waals surface area contributed by atoms with Crippen LogP contribution in [0.25, 0.3) is 0 Å². The molecule has 0 unspecified atom stereocenters. The summed E-state index contributed by atoms with van der Waals surface area (Å²) in [5.74, 6) is 0.575. The molecule has 0 aliphatic rings. The van der Waals surface area contributed by atoms with Crippen molar-refractivity contribution >= 4 is 17.3 Å². The van der Waals surface area contributed by atoms with Crippen LogP contribution in [0, 0.1) is 6.92 Å². The predicted molar refractivity (Wildman–Crippen MR) is 85.1 cm³/mol. The summed E-state index contributed by atoms with van der Waals surface area (Å²) in [6, 6.07) is 13.2. The largest absolute Gasteiger partial charge is 0.399 e. The highest BCUT2D eigenvalue weighted by atomic mass is 15.1. The van der Waals surface area contributed by atoms with Gasteiger partial charge in [0.1, 0.15) is 0 Å². The van der Waals surface area contributed by atoms with Crippen molar-refractivity contribution < 1.29 is 0 Å². The summed E-state index contributed by atoms with van der Waals surface area (Å²) in [6.07, 6.45) is 6.88. The van der Waals surface area contributed by atoms with Crippen LogP contribution in [0.1, 0.15) is 5.56 Å². The fourth-order valence-corrected chi connectivity index (χ4v) is 1.57. The predicted octanol–water partition coefficient (Wildman–Crippen LogP) is 3.19. The van der Waals surface area contributed by atoms with Crippen LogP contribution in [0.5, 0.6) is 0 Å². The first-order valence-electron chi connectivity index (χ1n) is 6.51. The highest BCUT2D eigenvalue weighted by Gasteiger charge is 2.00. The molecule has 21 heavy (non-hydrogen) atoms. The second kappa shape index (κ2) is 7.59. The van der Waals surface area contributed by atoms with E-state index in [2.05, 4.69) is 20.3 Å². The van der Waals surface area contributed by atoms with Gasteiger partial charge in [-0.25, -0.2) is 9.97 Å². The van der Waals surface area contributed by atoms with Crippen LogP contribution in [-0.2, 0) is 0 Å². The van der Waals surface area contributed by atoms with Gasteiger partial charge in [0.15, 0.2) is 0 Å². The summed E-state index contributed by atoms with van der Waals surface area (Å²) in [5, 5.41) is 3.11. The summed E-state index contributed by atoms with van der Waals surface area (Å²) in [7, 11) is 0. The average Bonchev–Trinajstić information content (AvgIpc) is 2.54. The molecule has 0 saturated heterocycles. The molecule has 3 aromatic rings. The lowest BCUT2D eigenvalue weighted by molar-refractivity contribution is 1.16. The Balaban J connectivity index is 0.000000225. The molecule has 0 bridgehead atoms. The minimum absolute atomic E-state index is 0.575. The summed E-state index contributed by atoms with van der Waals surface area (Å²) >= 11 is 0. The fraction of sp³-hybridized carbons (Fsp3) is 0.0625. The van der Waals surface area contributed by atoms with Gasteiger partial charge < -0.3 is 11.1 Å². The second-order valence-corrected chi connectivity index (χ2v) is 4.30. The average molecular weight is 279 g/mol. The first kappa shape index (κ1) is 14.5. The zero-order chi connectivity index (χ0) is 14.9. The molecule has 3 N–H and O–H groups in total. The van der Waals surface area contributed by atoms with E-state index in [1.807, 2.05) is 43.3 Å². The van der Waals surface area contributed by atoms with E-state index < -0.39 is 0 Å². The van der Waals surface area contributed by atoms with Crippen LogP contribution in [0.4, 0.5) is 17.3 Å². The fourth-order valence-electron chi connectivity index (χ4n) is 1.57. The van der Waals surface area contributed by atoms with Crippen molar-refractivity contribution in [3.63, 3.8) is 0 Å². The SMILES string of the molecule is Cc1ccc(N)cc1Nc1ncccn1.c1ccncc1. The lowest BCUT2D eigenvalue weighted by atomic mass is 10.2. The van der Waals surface area contributed by atoms with Crippen molar-refractivity contribution in [3.05, 3.63) is 72.8 Å². The van der Waals surface area contributed by atoms with Gasteiger partial charge in [0.25, 0.3) is 0 Å². The molecular weight excluding hydrogens is 262 g/mol. The molecule has 5 heteroatoms. The quantitative estimate of drug-likeness (QED) is 0.704. The lowest BCUT2D eigenvalue weighted by Crippen LogP contribution is -1.98. The third-order valence-corrected chi connectivity index (χ3v) is 2.64. The van der Waals surface area contributed by atoms with Gasteiger partial charge >= 0.3 is 0 Å². The first-order chi connectivity index (χ1) is 10.3. The van der Waals surface area contributed by atoms with Gasteiger partial charge in [0.05, 0.1) is 0 Å². The second-order valence-electron chi connectivity index (χ2n) is 4.30. The Morgan fingerprint density at radius 1 is 0.905 bits per heavy atom. The van der Waals surface area contributed by atoms with Crippen molar-refractivity contribution in [2.24, 2.45) is 0 Å². The molecule has 1 aromatic carbocycles. The van der Waals surface area contributed by atoms with E-state index >= 15 is 0 Å². The highest BCUT2D eigenvalue weighted by molar-refractivity contribution is 5.63. The molecule has 2 aromatic heterocycles. The molecule has 0 radical (unpaired) electrons. The van der Waals surface area contributed by atoms with E-state index in [1.165, 1.54) is 0 Å². The maximum Gasteiger partial charge on any atom is 0.227 e. The number of nitrogens with zero attached hydrogens (tertiary/aromatic N) is 3. The van der Waals surface area contributed by atoms with Crippen molar-refractivity contribution in [1.82, 2.24) is 15.0 Å². The molecule has 0 fully saturated rings. The minimum atomic E-state index is 0.575. The smallest absolute Gasteiger partial charge is 0.227 e. The van der Waals surface area contributed by atoms with E-state index in [1.54, 1.807) is 30.9 Å². The molecule has 2 heterocycles. The molecule has 0 atom stereocenters. The number of hydrogen-bond donors (Lipinski definition) is 2. The molecule has 3 rings (SSSR count). The van der Waals surface area contributed by atoms with Crippen molar-refractivity contribution in [2.75, 3.05) is 11.1 Å². The van der Waals surface area contributed by atoms with Crippen molar-refractivity contribution in [3.8, 4) is 0 Å². The number of aryl methyl sites for hydroxylation is 1. The Bertz CT molecular complexity index is 629. The van der Waals surface area contributed by atoms with E-state index in [0.717, 1.165) is 16.9 Å². The Morgan fingerprint density at radius 3 is 2.19 bits per heavy atom. The molecule has 106 valence electrons. The molecular formula is C16H17N5. The molecule has 0 spiro atoms. The van der Waals surface area contributed by atoms with E-state index in [9.17, 15) is 0 Å². The summed E-state index contributed by atoms with van der Waals surface area (Å²) in [6.45, 7) is 2.00. The zero-order valence-electron chi connectivity index (χ0n) is 11.8. The molecule has 0 amide bonds. The Kier molecular flexibility index (Phi) is 5.23. The normalized spacial score (nSPS) is 9.38. The maximum atomic E-state index is 5.70. The van der Waals surface area contributed by atoms with Gasteiger partial charge in [0, 0.05) is 36.2 Å². The molecule has 5 nitrogen and oxygen atoms in total. The van der Waals surface area contributed by atoms with Crippen LogP contribution in [0.15, 0.2) is 67.3 Å². The number of nitrogens with one attached hydrogen (secondary N) is 1. The Hall–Kier alpha value is -2.95. The third kappa shape index (κ3) is 4.91. The van der Waals surface area contributed by atoms with E-state index in [0.29, 0.717) is 5.95 Å². The van der Waals surface area contributed by atoms with Crippen molar-refractivity contribution in [2.45, 2.75) is 6.92 Å². The monoisotopic (exact) mass is 279 g/mol. The number of benzene rings is 1. The van der Waals surface area contributed by atoms with Gasteiger partial charge in [-0.05, 0) is 42.8 Å². The summed E-state index contributed by atoms with van der Waals surface area (Å²) in [5.41, 5.74) is 8.46. The topological polar surface area (TPSA) is 76.7 Å². The summed E-state index contributed by atoms with van der Waals surface area (Å²) in [4.78, 5) is 11.9. The Labute approximate surface area is 123 Å². The van der Waals surface area contributed by atoms with E-state index in [4.69, 9.17) is 5.73 Å². The number of nitrogens with two attached hydrogens (primary N) is 1. The van der Waals surface area contributed by atoms with Crippen LogP contribution >= 0.6 is 0 Å². The first-order valence-corrected chi connectivity index (χ1v) is 6.51. The number of pyridine rings is 1. The third-order valence-electron chi connectivity index (χ3n) is 2.64. The van der Waals surface area contributed by atoms with Crippen LogP contribution < -0.4 is 11.1 Å². The van der Waals surface area contributed by atoms with Gasteiger partial charge in [-0.1, -0.05) is 12.1 Å². The number of aromatic nitrogens is 3. The number of hydrogen-bond acceptors (Lipinski definition) is 5. The Morgan fingerprint density at radius 2 is 1.62 bits per heavy atom. The molecule has 0 aliphatic heterocycles. The number of anilines is 3. The van der Waals surface area contributed by atoms with Gasteiger partial charge in [0.2, 0.25) is 5.95 Å². The van der Waals surface area contributed by atoms with Gasteiger partial charge in [-0.2, -0.15) is 0 Å². The van der Waals surface area contributed by atoms with Crippen LogP contribution in [-0.4, -0.2) is 15.0 Å². The molecule has 0 saturated carbocycles. The van der Waals surface area contributed by atoms with Gasteiger partial charge in [-0.15, -0.1) is 0 Å². The van der Waals surface area contributed by atoms with Crippen LogP contribution in [0.2, 0.25) is 0 Å².